The summed E-state index contributed by atoms with van der Waals surface area (Å²) in [6.07, 6.45) is 69.8. The lowest BCUT2D eigenvalue weighted by Gasteiger charge is -2.17. The van der Waals surface area contributed by atoms with Gasteiger partial charge in [0.2, 0.25) is 0 Å². The second-order valence-corrected chi connectivity index (χ2v) is 17.7. The van der Waals surface area contributed by atoms with E-state index in [1.807, 2.05) is 0 Å². The van der Waals surface area contributed by atoms with Crippen molar-refractivity contribution in [3.05, 3.63) is 0 Å². The Balaban J connectivity index is 3.85. The molecule has 0 spiro atoms. The van der Waals surface area contributed by atoms with E-state index in [9.17, 15) is 0 Å². The molecule has 0 amide bonds. The molecule has 0 saturated carbocycles. The smallest absolute Gasteiger partial charge is 0.0414 e. The van der Waals surface area contributed by atoms with Gasteiger partial charge in [0.15, 0.2) is 0 Å². The van der Waals surface area contributed by atoms with Gasteiger partial charge in [-0.25, -0.2) is 0 Å². The first-order valence-corrected chi connectivity index (χ1v) is 25.3. The standard InChI is InChI=1S/C51H104/c1-4-7-10-13-16-19-22-25-26-27-28-29-30-31-32-35-38-41-44-47-50-51(48-45-42-39-36-33-23-20-17-14-11-8-5-2)49-46-43-40-37-34-24-21-18-15-12-9-6-3/h51H,4-50H2,1-3H3. The summed E-state index contributed by atoms with van der Waals surface area (Å²) in [4.78, 5) is 0. The van der Waals surface area contributed by atoms with Gasteiger partial charge in [0.25, 0.3) is 0 Å². The summed E-state index contributed by atoms with van der Waals surface area (Å²) >= 11 is 0. The van der Waals surface area contributed by atoms with Gasteiger partial charge in [-0.15, -0.1) is 0 Å². The van der Waals surface area contributed by atoms with Gasteiger partial charge < -0.3 is 0 Å². The first-order valence-electron chi connectivity index (χ1n) is 25.3. The topological polar surface area (TPSA) is 0 Å². The van der Waals surface area contributed by atoms with Gasteiger partial charge in [0.05, 0.1) is 0 Å². The van der Waals surface area contributed by atoms with Gasteiger partial charge in [0.1, 0.15) is 0 Å². The van der Waals surface area contributed by atoms with E-state index in [4.69, 9.17) is 0 Å². The molecule has 308 valence electrons. The second-order valence-electron chi connectivity index (χ2n) is 17.7. The van der Waals surface area contributed by atoms with Gasteiger partial charge in [0, 0.05) is 0 Å². The summed E-state index contributed by atoms with van der Waals surface area (Å²) in [5.74, 6) is 1.03. The highest BCUT2D eigenvalue weighted by Crippen LogP contribution is 2.25. The second kappa shape index (κ2) is 48.0. The van der Waals surface area contributed by atoms with Gasteiger partial charge >= 0.3 is 0 Å². The highest BCUT2D eigenvalue weighted by molar-refractivity contribution is 4.63. The molecule has 0 aromatic heterocycles. The van der Waals surface area contributed by atoms with Crippen molar-refractivity contribution in [2.45, 2.75) is 323 Å². The molecule has 0 aromatic carbocycles. The minimum Gasteiger partial charge on any atom is -0.0654 e. The third-order valence-electron chi connectivity index (χ3n) is 12.4. The highest BCUT2D eigenvalue weighted by atomic mass is 14.1. The maximum Gasteiger partial charge on any atom is -0.0414 e. The molecule has 0 aliphatic rings. The lowest BCUT2D eigenvalue weighted by Crippen LogP contribution is -2.01. The first kappa shape index (κ1) is 51.0. The average molecular weight is 717 g/mol. The van der Waals surface area contributed by atoms with E-state index < -0.39 is 0 Å². The maximum atomic E-state index is 2.32. The lowest BCUT2D eigenvalue weighted by molar-refractivity contribution is 0.365. The average Bonchev–Trinajstić information content (AvgIpc) is 3.14. The number of unbranched alkanes of at least 4 members (excludes halogenated alkanes) is 41. The van der Waals surface area contributed by atoms with Crippen LogP contribution in [0.5, 0.6) is 0 Å². The van der Waals surface area contributed by atoms with Crippen LogP contribution in [0.15, 0.2) is 0 Å². The Kier molecular flexibility index (Phi) is 48.0. The normalized spacial score (nSPS) is 11.8. The molecule has 0 heterocycles. The summed E-state index contributed by atoms with van der Waals surface area (Å²) in [6, 6.07) is 0. The molecular formula is C51H104. The van der Waals surface area contributed by atoms with Crippen LogP contribution in [-0.4, -0.2) is 0 Å². The minimum absolute atomic E-state index is 1.03. The Morgan fingerprint density at radius 2 is 0.275 bits per heavy atom. The van der Waals surface area contributed by atoms with Crippen molar-refractivity contribution in [3.63, 3.8) is 0 Å². The molecule has 0 fully saturated rings. The van der Waals surface area contributed by atoms with E-state index in [0.717, 1.165) is 5.92 Å². The van der Waals surface area contributed by atoms with Gasteiger partial charge in [-0.2, -0.15) is 0 Å². The van der Waals surface area contributed by atoms with E-state index in [1.54, 1.807) is 0 Å². The molecule has 0 atom stereocenters. The van der Waals surface area contributed by atoms with Crippen molar-refractivity contribution in [1.82, 2.24) is 0 Å². The molecule has 0 bridgehead atoms. The van der Waals surface area contributed by atoms with E-state index in [1.165, 1.54) is 302 Å². The summed E-state index contributed by atoms with van der Waals surface area (Å²) in [6.45, 7) is 6.97. The van der Waals surface area contributed by atoms with Crippen LogP contribution < -0.4 is 0 Å². The van der Waals surface area contributed by atoms with Crippen molar-refractivity contribution >= 4 is 0 Å². The lowest BCUT2D eigenvalue weighted by atomic mass is 9.89. The SMILES string of the molecule is CCCCCCCCCCCCCCCCCCCCCCC(CCCCCCCCCCCCCC)CCCCCCCCCCCCCC. The summed E-state index contributed by atoms with van der Waals surface area (Å²) in [5.41, 5.74) is 0. The summed E-state index contributed by atoms with van der Waals surface area (Å²) < 4.78 is 0. The molecule has 0 nitrogen and oxygen atoms in total. The van der Waals surface area contributed by atoms with Crippen LogP contribution in [0.25, 0.3) is 0 Å². The van der Waals surface area contributed by atoms with Gasteiger partial charge in [-0.05, 0) is 5.92 Å². The largest absolute Gasteiger partial charge is 0.0654 e. The Bertz CT molecular complexity index is 536. The predicted molar refractivity (Wildman–Crippen MR) is 238 cm³/mol. The van der Waals surface area contributed by atoms with Gasteiger partial charge in [-0.1, -0.05) is 323 Å². The van der Waals surface area contributed by atoms with Crippen molar-refractivity contribution in [1.29, 1.82) is 0 Å². The van der Waals surface area contributed by atoms with Crippen molar-refractivity contribution in [3.8, 4) is 0 Å². The quantitative estimate of drug-likeness (QED) is 0.0550. The molecule has 0 aromatic rings. The van der Waals surface area contributed by atoms with Crippen LogP contribution in [0.1, 0.15) is 323 Å². The highest BCUT2D eigenvalue weighted by Gasteiger charge is 2.09. The third kappa shape index (κ3) is 46.1. The van der Waals surface area contributed by atoms with E-state index >= 15 is 0 Å². The molecule has 0 unspecified atom stereocenters. The zero-order valence-corrected chi connectivity index (χ0v) is 36.8. The van der Waals surface area contributed by atoms with Crippen LogP contribution >= 0.6 is 0 Å². The molecule has 0 aliphatic carbocycles. The van der Waals surface area contributed by atoms with Gasteiger partial charge in [-0.3, -0.25) is 0 Å². The summed E-state index contributed by atoms with van der Waals surface area (Å²) in [5, 5.41) is 0. The zero-order chi connectivity index (χ0) is 36.8. The maximum absolute atomic E-state index is 2.32. The first-order chi connectivity index (χ1) is 25.3. The van der Waals surface area contributed by atoms with E-state index in [0.29, 0.717) is 0 Å². The minimum atomic E-state index is 1.03. The monoisotopic (exact) mass is 717 g/mol. The van der Waals surface area contributed by atoms with E-state index in [2.05, 4.69) is 20.8 Å². The Labute approximate surface area is 327 Å². The number of hydrogen-bond acceptors (Lipinski definition) is 0. The van der Waals surface area contributed by atoms with Crippen molar-refractivity contribution in [2.75, 3.05) is 0 Å². The molecule has 0 aliphatic heterocycles. The molecular weight excluding hydrogens is 613 g/mol. The molecule has 0 radical (unpaired) electrons. The fourth-order valence-corrected chi connectivity index (χ4v) is 8.67. The Morgan fingerprint density at radius 3 is 0.412 bits per heavy atom. The van der Waals surface area contributed by atoms with Crippen LogP contribution in [0.3, 0.4) is 0 Å². The Hall–Kier alpha value is 0. The van der Waals surface area contributed by atoms with Crippen LogP contribution in [0.4, 0.5) is 0 Å². The fraction of sp³-hybridized carbons (Fsp3) is 1.00. The molecule has 51 heavy (non-hydrogen) atoms. The van der Waals surface area contributed by atoms with E-state index in [-0.39, 0.29) is 0 Å². The predicted octanol–water partition coefficient (Wildman–Crippen LogP) is 20.0. The molecule has 0 rings (SSSR count). The Morgan fingerprint density at radius 1 is 0.157 bits per heavy atom. The summed E-state index contributed by atoms with van der Waals surface area (Å²) in [7, 11) is 0. The third-order valence-corrected chi connectivity index (χ3v) is 12.4. The van der Waals surface area contributed by atoms with Crippen LogP contribution in [-0.2, 0) is 0 Å². The molecule has 0 N–H and O–H groups in total. The number of hydrogen-bond donors (Lipinski definition) is 0. The van der Waals surface area contributed by atoms with Crippen LogP contribution in [0, 0.1) is 5.92 Å². The molecule has 0 heteroatoms. The van der Waals surface area contributed by atoms with Crippen molar-refractivity contribution in [2.24, 2.45) is 5.92 Å². The number of rotatable bonds is 47. The molecule has 0 saturated heterocycles. The van der Waals surface area contributed by atoms with Crippen LogP contribution in [0.2, 0.25) is 0 Å². The fourth-order valence-electron chi connectivity index (χ4n) is 8.67. The van der Waals surface area contributed by atoms with Crippen molar-refractivity contribution < 1.29 is 0 Å². The zero-order valence-electron chi connectivity index (χ0n) is 36.8.